The van der Waals surface area contributed by atoms with E-state index in [0.717, 1.165) is 0 Å². The van der Waals surface area contributed by atoms with Crippen molar-refractivity contribution in [2.45, 2.75) is 0 Å². The molecule has 25 heavy (non-hydrogen) atoms. The van der Waals surface area contributed by atoms with Gasteiger partial charge >= 0.3 is 0 Å². The maximum absolute atomic E-state index is 12.7. The normalized spacial score (nSPS) is 17.9. The van der Waals surface area contributed by atoms with Crippen LogP contribution in [0.25, 0.3) is 0 Å². The van der Waals surface area contributed by atoms with Gasteiger partial charge in [0.25, 0.3) is 5.91 Å². The Bertz CT molecular complexity index is 887. The summed E-state index contributed by atoms with van der Waals surface area (Å²) in [4.78, 5) is 30.3. The van der Waals surface area contributed by atoms with E-state index in [4.69, 9.17) is 35.4 Å². The number of carbonyl (C=O) groups excluding carboxylic acids is 2. The third-order valence-corrected chi connectivity index (χ3v) is 4.52. The molecule has 1 saturated heterocycles. The summed E-state index contributed by atoms with van der Waals surface area (Å²) in [5.41, 5.74) is 1.06. The van der Waals surface area contributed by atoms with Gasteiger partial charge in [-0.1, -0.05) is 41.4 Å². The Kier molecular flexibility index (Phi) is 5.13. The zero-order chi connectivity index (χ0) is 18.0. The van der Waals surface area contributed by atoms with Crippen LogP contribution >= 0.6 is 35.4 Å². The van der Waals surface area contributed by atoms with E-state index in [-0.39, 0.29) is 5.11 Å². The van der Waals surface area contributed by atoms with Crippen molar-refractivity contribution >= 4 is 69.9 Å². The molecular weight excluding hydrogens is 381 g/mol. The molecular formula is C17H11Cl2N3O2S. The van der Waals surface area contributed by atoms with Crippen LogP contribution in [0.1, 0.15) is 0 Å². The molecule has 0 bridgehead atoms. The topological polar surface area (TPSA) is 61.8 Å². The highest BCUT2D eigenvalue weighted by Gasteiger charge is 2.38. The average molecular weight is 392 g/mol. The van der Waals surface area contributed by atoms with Crippen LogP contribution in [0.2, 0.25) is 10.0 Å². The summed E-state index contributed by atoms with van der Waals surface area (Å²) >= 11 is 16.9. The molecule has 1 heterocycles. The number of hydrogen-bond acceptors (Lipinski definition) is 4. The minimum Gasteiger partial charge on any atom is -0.301 e. The first kappa shape index (κ1) is 17.5. The highest BCUT2D eigenvalue weighted by molar-refractivity contribution is 7.80. The minimum absolute atomic E-state index is 0.0420. The van der Waals surface area contributed by atoms with Gasteiger partial charge in [0, 0.05) is 6.21 Å². The van der Waals surface area contributed by atoms with E-state index in [0.29, 0.717) is 21.4 Å². The van der Waals surface area contributed by atoms with E-state index in [1.54, 1.807) is 42.5 Å². The maximum atomic E-state index is 12.7. The second kappa shape index (κ2) is 7.31. The van der Waals surface area contributed by atoms with Crippen LogP contribution in [0.15, 0.2) is 53.5 Å². The highest BCUT2D eigenvalue weighted by atomic mass is 35.5. The van der Waals surface area contributed by atoms with E-state index in [2.05, 4.69) is 10.3 Å². The summed E-state index contributed by atoms with van der Waals surface area (Å²) in [6.45, 7) is 0. The van der Waals surface area contributed by atoms with Crippen LogP contribution in [0.3, 0.4) is 0 Å². The zero-order valence-electron chi connectivity index (χ0n) is 12.6. The molecule has 0 saturated carbocycles. The standard InChI is InChI=1S/C17H11Cl2N3O2S/c18-13-7-6-10(8-14(13)19)20-9-12-15(23)21-17(25)22(16(12)24)11-4-2-1-3-5-11/h1-9,12H,(H,21,23,25)/t12-/m1/s1. The third-order valence-electron chi connectivity index (χ3n) is 3.49. The van der Waals surface area contributed by atoms with Gasteiger partial charge in [-0.05, 0) is 42.5 Å². The number of nitrogens with zero attached hydrogens (tertiary/aromatic N) is 2. The van der Waals surface area contributed by atoms with E-state index in [9.17, 15) is 9.59 Å². The average Bonchev–Trinajstić information content (AvgIpc) is 2.58. The van der Waals surface area contributed by atoms with Crippen LogP contribution in [0.5, 0.6) is 0 Å². The first-order chi connectivity index (χ1) is 12.0. The van der Waals surface area contributed by atoms with Crippen molar-refractivity contribution in [3.05, 3.63) is 58.6 Å². The molecule has 0 aromatic heterocycles. The lowest BCUT2D eigenvalue weighted by Crippen LogP contribution is -2.58. The fourth-order valence-corrected chi connectivity index (χ4v) is 2.86. The molecule has 0 unspecified atom stereocenters. The van der Waals surface area contributed by atoms with Crippen molar-refractivity contribution in [1.82, 2.24) is 5.32 Å². The van der Waals surface area contributed by atoms with Gasteiger partial charge < -0.3 is 5.32 Å². The number of nitrogens with one attached hydrogen (secondary N) is 1. The van der Waals surface area contributed by atoms with Gasteiger partial charge in [-0.2, -0.15) is 0 Å². The molecule has 0 aliphatic carbocycles. The number of hydrogen-bond donors (Lipinski definition) is 1. The first-order valence-electron chi connectivity index (χ1n) is 7.20. The van der Waals surface area contributed by atoms with Gasteiger partial charge in [0.1, 0.15) is 0 Å². The summed E-state index contributed by atoms with van der Waals surface area (Å²) < 4.78 is 0. The minimum atomic E-state index is -1.10. The smallest absolute Gasteiger partial charge is 0.251 e. The molecule has 1 N–H and O–H groups in total. The second-order valence-corrected chi connectivity index (χ2v) is 6.36. The fraction of sp³-hybridized carbons (Fsp3) is 0.0588. The quantitative estimate of drug-likeness (QED) is 0.492. The Morgan fingerprint density at radius 2 is 1.80 bits per heavy atom. The summed E-state index contributed by atoms with van der Waals surface area (Å²) in [6, 6.07) is 13.6. The molecule has 126 valence electrons. The number of benzene rings is 2. The Balaban J connectivity index is 1.88. The van der Waals surface area contributed by atoms with Crippen LogP contribution in [-0.4, -0.2) is 23.1 Å². The van der Waals surface area contributed by atoms with Crippen molar-refractivity contribution in [2.24, 2.45) is 10.9 Å². The van der Waals surface area contributed by atoms with Crippen molar-refractivity contribution < 1.29 is 9.59 Å². The van der Waals surface area contributed by atoms with Crippen LogP contribution in [0, 0.1) is 5.92 Å². The number of para-hydroxylation sites is 1. The number of anilines is 1. The van der Waals surface area contributed by atoms with Gasteiger partial charge in [0.05, 0.1) is 21.4 Å². The van der Waals surface area contributed by atoms with Gasteiger partial charge in [0.2, 0.25) is 5.91 Å². The Morgan fingerprint density at radius 3 is 2.48 bits per heavy atom. The number of aliphatic imine (C=N–C) groups is 1. The predicted octanol–water partition coefficient (Wildman–Crippen LogP) is 3.76. The third kappa shape index (κ3) is 3.71. The van der Waals surface area contributed by atoms with Gasteiger partial charge in [-0.15, -0.1) is 0 Å². The Labute approximate surface area is 159 Å². The Morgan fingerprint density at radius 1 is 1.08 bits per heavy atom. The monoisotopic (exact) mass is 391 g/mol. The van der Waals surface area contributed by atoms with E-state index < -0.39 is 17.7 Å². The van der Waals surface area contributed by atoms with Crippen LogP contribution < -0.4 is 10.2 Å². The summed E-state index contributed by atoms with van der Waals surface area (Å²) in [7, 11) is 0. The van der Waals surface area contributed by atoms with Gasteiger partial charge in [-0.25, -0.2) is 0 Å². The van der Waals surface area contributed by atoms with E-state index in [1.165, 1.54) is 11.1 Å². The molecule has 1 aliphatic heterocycles. The zero-order valence-corrected chi connectivity index (χ0v) is 15.0. The summed E-state index contributed by atoms with van der Waals surface area (Å²) in [5, 5.41) is 3.30. The fourth-order valence-electron chi connectivity index (χ4n) is 2.27. The predicted molar refractivity (Wildman–Crippen MR) is 103 cm³/mol. The molecule has 2 aromatic rings. The van der Waals surface area contributed by atoms with Crippen molar-refractivity contribution in [2.75, 3.05) is 4.90 Å². The SMILES string of the molecule is O=C1NC(=S)N(c2ccccc2)C(=O)[C@@H]1C=Nc1ccc(Cl)c(Cl)c1. The molecule has 1 aliphatic rings. The van der Waals surface area contributed by atoms with Gasteiger partial charge in [-0.3, -0.25) is 19.5 Å². The molecule has 8 heteroatoms. The maximum Gasteiger partial charge on any atom is 0.251 e. The molecule has 1 fully saturated rings. The number of thiocarbonyl (C=S) groups is 1. The van der Waals surface area contributed by atoms with Crippen LogP contribution in [-0.2, 0) is 9.59 Å². The van der Waals surface area contributed by atoms with Crippen molar-refractivity contribution in [1.29, 1.82) is 0 Å². The number of amides is 2. The van der Waals surface area contributed by atoms with E-state index in [1.807, 2.05) is 6.07 Å². The number of rotatable bonds is 3. The lowest BCUT2D eigenvalue weighted by atomic mass is 10.1. The lowest BCUT2D eigenvalue weighted by molar-refractivity contribution is -0.130. The lowest BCUT2D eigenvalue weighted by Gasteiger charge is -2.30. The molecule has 0 radical (unpaired) electrons. The number of halogens is 2. The highest BCUT2D eigenvalue weighted by Crippen LogP contribution is 2.27. The van der Waals surface area contributed by atoms with Gasteiger partial charge in [0.15, 0.2) is 11.0 Å². The molecule has 0 spiro atoms. The molecule has 3 rings (SSSR count). The van der Waals surface area contributed by atoms with Crippen molar-refractivity contribution in [3.63, 3.8) is 0 Å². The molecule has 2 amide bonds. The van der Waals surface area contributed by atoms with E-state index >= 15 is 0 Å². The number of carbonyl (C=O) groups is 2. The molecule has 2 aromatic carbocycles. The second-order valence-electron chi connectivity index (χ2n) is 5.16. The van der Waals surface area contributed by atoms with Crippen molar-refractivity contribution in [3.8, 4) is 0 Å². The van der Waals surface area contributed by atoms with Crippen LogP contribution in [0.4, 0.5) is 11.4 Å². The largest absolute Gasteiger partial charge is 0.301 e. The molecule has 5 nitrogen and oxygen atoms in total. The summed E-state index contributed by atoms with van der Waals surface area (Å²) in [5.74, 6) is -2.09. The Hall–Kier alpha value is -2.28. The summed E-state index contributed by atoms with van der Waals surface area (Å²) in [6.07, 6.45) is 1.27. The first-order valence-corrected chi connectivity index (χ1v) is 8.37. The molecule has 1 atom stereocenters.